The van der Waals surface area contributed by atoms with Gasteiger partial charge < -0.3 is 14.8 Å². The molecule has 3 aromatic rings. The van der Waals surface area contributed by atoms with Crippen LogP contribution in [0.5, 0.6) is 11.5 Å². The molecule has 1 aliphatic heterocycles. The van der Waals surface area contributed by atoms with Gasteiger partial charge in [0.2, 0.25) is 12.7 Å². The number of ether oxygens (including phenoxy) is 2. The largest absolute Gasteiger partial charge is 0.454 e. The Morgan fingerprint density at radius 3 is 2.96 bits per heavy atom. The topological polar surface area (TPSA) is 65.4 Å². The molecule has 6 nitrogen and oxygen atoms in total. The van der Waals surface area contributed by atoms with Gasteiger partial charge in [-0.3, -0.25) is 9.36 Å². The summed E-state index contributed by atoms with van der Waals surface area (Å²) in [6.07, 6.45) is 3.68. The van der Waals surface area contributed by atoms with Crippen LogP contribution < -0.4 is 14.8 Å². The maximum absolute atomic E-state index is 12.3. The van der Waals surface area contributed by atoms with Gasteiger partial charge in [-0.15, -0.1) is 0 Å². The van der Waals surface area contributed by atoms with E-state index in [1.54, 1.807) is 6.20 Å². The summed E-state index contributed by atoms with van der Waals surface area (Å²) in [6.45, 7) is 4.87. The molecule has 0 saturated carbocycles. The van der Waals surface area contributed by atoms with Crippen molar-refractivity contribution in [2.24, 2.45) is 0 Å². The van der Waals surface area contributed by atoms with Crippen LogP contribution in [0.2, 0.25) is 0 Å². The monoisotopic (exact) mass is 395 g/mol. The molecular weight excluding hydrogens is 374 g/mol. The lowest BCUT2D eigenvalue weighted by atomic mass is 10.1. The highest BCUT2D eigenvalue weighted by Crippen LogP contribution is 2.32. The van der Waals surface area contributed by atoms with E-state index in [1.165, 1.54) is 22.9 Å². The summed E-state index contributed by atoms with van der Waals surface area (Å²) in [5.74, 6) is 1.71. The van der Waals surface area contributed by atoms with E-state index < -0.39 is 0 Å². The molecular formula is C21H21N3O3S. The molecule has 1 N–H and O–H groups in total. The highest BCUT2D eigenvalue weighted by atomic mass is 32.2. The molecule has 7 heteroatoms. The average Bonchev–Trinajstić information content (AvgIpc) is 3.35. The van der Waals surface area contributed by atoms with Crippen molar-refractivity contribution in [1.82, 2.24) is 14.9 Å². The molecule has 1 amide bonds. The Labute approximate surface area is 167 Å². The fourth-order valence-corrected chi connectivity index (χ4v) is 3.81. The number of carbonyl (C=O) groups excluding carboxylic acids is 1. The van der Waals surface area contributed by atoms with E-state index in [9.17, 15) is 4.79 Å². The highest BCUT2D eigenvalue weighted by molar-refractivity contribution is 7.99. The quantitative estimate of drug-likeness (QED) is 0.646. The minimum absolute atomic E-state index is 0.0434. The number of amides is 1. The summed E-state index contributed by atoms with van der Waals surface area (Å²) in [4.78, 5) is 16.7. The molecule has 0 aliphatic carbocycles. The third-order valence-electron chi connectivity index (χ3n) is 4.70. The standard InChI is InChI=1S/C21H21N3O3S/c1-14-4-3-5-17(15(14)2)24-9-8-22-21(24)28-12-20(25)23-11-16-6-7-18-19(10-16)27-13-26-18/h3-10H,11-13H2,1-2H3,(H,23,25). The lowest BCUT2D eigenvalue weighted by molar-refractivity contribution is -0.118. The lowest BCUT2D eigenvalue weighted by Crippen LogP contribution is -2.24. The Balaban J connectivity index is 1.36. The van der Waals surface area contributed by atoms with Gasteiger partial charge in [-0.2, -0.15) is 0 Å². The first-order valence-corrected chi connectivity index (χ1v) is 9.98. The van der Waals surface area contributed by atoms with Crippen molar-refractivity contribution in [3.63, 3.8) is 0 Å². The minimum atomic E-state index is -0.0434. The molecule has 0 saturated heterocycles. The Morgan fingerprint density at radius 2 is 2.07 bits per heavy atom. The number of nitrogens with zero attached hydrogens (tertiary/aromatic N) is 2. The lowest BCUT2D eigenvalue weighted by Gasteiger charge is -2.12. The van der Waals surface area contributed by atoms with Crippen LogP contribution in [0.15, 0.2) is 53.9 Å². The Bertz CT molecular complexity index is 1020. The minimum Gasteiger partial charge on any atom is -0.454 e. The predicted molar refractivity (Wildman–Crippen MR) is 108 cm³/mol. The normalized spacial score (nSPS) is 12.2. The molecule has 0 bridgehead atoms. The smallest absolute Gasteiger partial charge is 0.231 e. The van der Waals surface area contributed by atoms with E-state index in [0.717, 1.165) is 27.9 Å². The molecule has 1 aromatic heterocycles. The van der Waals surface area contributed by atoms with E-state index >= 15 is 0 Å². The molecule has 2 heterocycles. The third kappa shape index (κ3) is 3.84. The molecule has 0 spiro atoms. The maximum atomic E-state index is 12.3. The number of aryl methyl sites for hydroxylation is 1. The molecule has 0 unspecified atom stereocenters. The second kappa shape index (κ2) is 7.98. The van der Waals surface area contributed by atoms with E-state index in [0.29, 0.717) is 12.3 Å². The van der Waals surface area contributed by atoms with Gasteiger partial charge in [0.25, 0.3) is 0 Å². The second-order valence-corrected chi connectivity index (χ2v) is 7.49. The number of hydrogen-bond acceptors (Lipinski definition) is 5. The number of benzene rings is 2. The van der Waals surface area contributed by atoms with Gasteiger partial charge in [0.05, 0.1) is 11.4 Å². The highest BCUT2D eigenvalue weighted by Gasteiger charge is 2.14. The zero-order valence-corrected chi connectivity index (χ0v) is 16.6. The van der Waals surface area contributed by atoms with Gasteiger partial charge in [-0.25, -0.2) is 4.98 Å². The Kier molecular flexibility index (Phi) is 5.25. The fraction of sp³-hybridized carbons (Fsp3) is 0.238. The first kappa shape index (κ1) is 18.4. The van der Waals surface area contributed by atoms with Crippen molar-refractivity contribution in [2.45, 2.75) is 25.5 Å². The number of hydrogen-bond donors (Lipinski definition) is 1. The van der Waals surface area contributed by atoms with Gasteiger partial charge in [-0.1, -0.05) is 30.0 Å². The van der Waals surface area contributed by atoms with E-state index in [2.05, 4.69) is 36.3 Å². The Hall–Kier alpha value is -2.93. The summed E-state index contributed by atoms with van der Waals surface area (Å²) in [7, 11) is 0. The summed E-state index contributed by atoms with van der Waals surface area (Å²) >= 11 is 1.42. The number of thioether (sulfide) groups is 1. The van der Waals surface area contributed by atoms with Crippen LogP contribution in [0.25, 0.3) is 5.69 Å². The zero-order valence-electron chi connectivity index (χ0n) is 15.8. The summed E-state index contributed by atoms with van der Waals surface area (Å²) < 4.78 is 12.7. The van der Waals surface area contributed by atoms with Crippen molar-refractivity contribution < 1.29 is 14.3 Å². The molecule has 1 aliphatic rings. The molecule has 28 heavy (non-hydrogen) atoms. The van der Waals surface area contributed by atoms with Crippen LogP contribution in [0.3, 0.4) is 0 Å². The number of fused-ring (bicyclic) bond motifs is 1. The van der Waals surface area contributed by atoms with Crippen LogP contribution in [0.4, 0.5) is 0 Å². The SMILES string of the molecule is Cc1cccc(-n2ccnc2SCC(=O)NCc2ccc3c(c2)OCO3)c1C. The first-order chi connectivity index (χ1) is 13.6. The summed E-state index contributed by atoms with van der Waals surface area (Å²) in [5, 5.41) is 3.74. The second-order valence-electron chi connectivity index (χ2n) is 6.55. The van der Waals surface area contributed by atoms with E-state index in [4.69, 9.17) is 9.47 Å². The van der Waals surface area contributed by atoms with Crippen molar-refractivity contribution in [3.8, 4) is 17.2 Å². The van der Waals surface area contributed by atoms with Crippen LogP contribution >= 0.6 is 11.8 Å². The van der Waals surface area contributed by atoms with Crippen molar-refractivity contribution in [3.05, 3.63) is 65.5 Å². The average molecular weight is 395 g/mol. The predicted octanol–water partition coefficient (Wildman–Crippen LogP) is 3.63. The van der Waals surface area contributed by atoms with Crippen LogP contribution in [-0.4, -0.2) is 28.0 Å². The van der Waals surface area contributed by atoms with E-state index in [-0.39, 0.29) is 12.7 Å². The Morgan fingerprint density at radius 1 is 1.21 bits per heavy atom. The number of rotatable bonds is 6. The van der Waals surface area contributed by atoms with Gasteiger partial charge in [0.15, 0.2) is 16.7 Å². The molecule has 0 radical (unpaired) electrons. The molecule has 0 fully saturated rings. The number of imidazole rings is 1. The molecule has 2 aromatic carbocycles. The number of aromatic nitrogens is 2. The van der Waals surface area contributed by atoms with Gasteiger partial charge in [-0.05, 0) is 48.7 Å². The summed E-state index contributed by atoms with van der Waals surface area (Å²) in [6, 6.07) is 11.9. The molecule has 0 atom stereocenters. The van der Waals surface area contributed by atoms with Gasteiger partial charge in [0.1, 0.15) is 0 Å². The van der Waals surface area contributed by atoms with E-state index in [1.807, 2.05) is 35.0 Å². The fourth-order valence-electron chi connectivity index (χ4n) is 3.01. The number of nitrogens with one attached hydrogen (secondary N) is 1. The number of carbonyl (C=O) groups is 1. The van der Waals surface area contributed by atoms with Gasteiger partial charge >= 0.3 is 0 Å². The van der Waals surface area contributed by atoms with Crippen molar-refractivity contribution >= 4 is 17.7 Å². The zero-order chi connectivity index (χ0) is 19.5. The van der Waals surface area contributed by atoms with Crippen LogP contribution in [-0.2, 0) is 11.3 Å². The molecule has 4 rings (SSSR count). The van der Waals surface area contributed by atoms with Gasteiger partial charge in [0, 0.05) is 18.9 Å². The van der Waals surface area contributed by atoms with Crippen molar-refractivity contribution in [2.75, 3.05) is 12.5 Å². The maximum Gasteiger partial charge on any atom is 0.231 e. The third-order valence-corrected chi connectivity index (χ3v) is 5.67. The summed E-state index contributed by atoms with van der Waals surface area (Å²) in [5.41, 5.74) is 4.48. The molecule has 144 valence electrons. The first-order valence-electron chi connectivity index (χ1n) is 9.00. The van der Waals surface area contributed by atoms with Crippen LogP contribution in [0, 0.1) is 13.8 Å². The van der Waals surface area contributed by atoms with Crippen molar-refractivity contribution in [1.29, 1.82) is 0 Å². The van der Waals surface area contributed by atoms with Crippen LogP contribution in [0.1, 0.15) is 16.7 Å².